The molecule has 0 spiro atoms. The van der Waals surface area contributed by atoms with Crippen LogP contribution in [0.4, 0.5) is 0 Å². The zero-order valence-electron chi connectivity index (χ0n) is 14.5. The van der Waals surface area contributed by atoms with Crippen LogP contribution in [0.3, 0.4) is 0 Å². The third kappa shape index (κ3) is 3.91. The van der Waals surface area contributed by atoms with Crippen LogP contribution in [0.5, 0.6) is 0 Å². The molecule has 8 heteroatoms. The van der Waals surface area contributed by atoms with Gasteiger partial charge in [-0.05, 0) is 39.0 Å². The van der Waals surface area contributed by atoms with Crippen molar-refractivity contribution >= 4 is 21.9 Å². The van der Waals surface area contributed by atoms with Gasteiger partial charge in [0.15, 0.2) is 0 Å². The molecule has 138 valence electrons. The predicted molar refractivity (Wildman–Crippen MR) is 90.0 cm³/mol. The van der Waals surface area contributed by atoms with Crippen LogP contribution in [-0.4, -0.2) is 66.0 Å². The van der Waals surface area contributed by atoms with Crippen LogP contribution >= 0.6 is 0 Å². The smallest absolute Gasteiger partial charge is 0.311 e. The van der Waals surface area contributed by atoms with Crippen LogP contribution in [0, 0.1) is 5.41 Å². The normalized spacial score (nSPS) is 29.4. The van der Waals surface area contributed by atoms with E-state index < -0.39 is 27.4 Å². The monoisotopic (exact) mass is 360 g/mol. The van der Waals surface area contributed by atoms with E-state index in [-0.39, 0.29) is 18.2 Å². The average molecular weight is 360 g/mol. The second-order valence-corrected chi connectivity index (χ2v) is 9.21. The van der Waals surface area contributed by atoms with Gasteiger partial charge in [-0.2, -0.15) is 4.31 Å². The molecule has 2 atom stereocenters. The van der Waals surface area contributed by atoms with E-state index in [2.05, 4.69) is 0 Å². The lowest BCUT2D eigenvalue weighted by Crippen LogP contribution is -2.57. The van der Waals surface area contributed by atoms with Gasteiger partial charge in [-0.3, -0.25) is 9.59 Å². The van der Waals surface area contributed by atoms with Gasteiger partial charge in [-0.25, -0.2) is 8.42 Å². The molecule has 0 aliphatic carbocycles. The summed E-state index contributed by atoms with van der Waals surface area (Å²) in [7, 11) is -3.44. The molecule has 2 rings (SSSR count). The maximum absolute atomic E-state index is 13.0. The Morgan fingerprint density at radius 1 is 1.21 bits per heavy atom. The number of nitrogens with zero attached hydrogens (tertiary/aromatic N) is 2. The van der Waals surface area contributed by atoms with Crippen LogP contribution in [0.2, 0.25) is 0 Å². The molecule has 0 aromatic carbocycles. The fourth-order valence-corrected chi connectivity index (χ4v) is 5.41. The summed E-state index contributed by atoms with van der Waals surface area (Å²) in [5.41, 5.74) is -0.949. The molecule has 24 heavy (non-hydrogen) atoms. The first-order chi connectivity index (χ1) is 11.2. The molecule has 1 N–H and O–H groups in total. The number of carbonyl (C=O) groups is 2. The minimum atomic E-state index is -3.44. The van der Waals surface area contributed by atoms with Crippen molar-refractivity contribution < 1.29 is 23.1 Å². The maximum Gasteiger partial charge on any atom is 0.311 e. The molecule has 0 aromatic rings. The van der Waals surface area contributed by atoms with Crippen molar-refractivity contribution in [2.24, 2.45) is 5.41 Å². The van der Waals surface area contributed by atoms with Gasteiger partial charge in [0.1, 0.15) is 6.04 Å². The van der Waals surface area contributed by atoms with E-state index in [0.717, 1.165) is 12.8 Å². The van der Waals surface area contributed by atoms with Crippen molar-refractivity contribution in [2.75, 3.05) is 25.4 Å². The highest BCUT2D eigenvalue weighted by Gasteiger charge is 2.43. The van der Waals surface area contributed by atoms with E-state index in [9.17, 15) is 23.1 Å². The summed E-state index contributed by atoms with van der Waals surface area (Å²) >= 11 is 0. The summed E-state index contributed by atoms with van der Waals surface area (Å²) in [6.45, 7) is 4.49. The number of carboxylic acid groups (broad SMARTS) is 1. The lowest BCUT2D eigenvalue weighted by atomic mass is 9.81. The largest absolute Gasteiger partial charge is 0.481 e. The van der Waals surface area contributed by atoms with Crippen molar-refractivity contribution in [3.63, 3.8) is 0 Å². The molecule has 1 amide bonds. The Hall–Kier alpha value is -1.15. The van der Waals surface area contributed by atoms with E-state index in [0.29, 0.717) is 38.8 Å². The van der Waals surface area contributed by atoms with E-state index in [4.69, 9.17) is 0 Å². The zero-order chi connectivity index (χ0) is 18.0. The number of sulfonamides is 1. The average Bonchev–Trinajstić information content (AvgIpc) is 2.54. The number of piperidine rings is 2. The minimum Gasteiger partial charge on any atom is -0.481 e. The predicted octanol–water partition coefficient (Wildman–Crippen LogP) is 1.29. The van der Waals surface area contributed by atoms with E-state index in [1.807, 2.05) is 0 Å². The zero-order valence-corrected chi connectivity index (χ0v) is 15.3. The number of carboxylic acids is 1. The SMILES string of the molecule is CCCS(=O)(=O)N1CCCCC1C(=O)N1CCCC(C)(C(=O)O)C1. The van der Waals surface area contributed by atoms with Crippen molar-refractivity contribution in [3.05, 3.63) is 0 Å². The first-order valence-electron chi connectivity index (χ1n) is 8.73. The van der Waals surface area contributed by atoms with Gasteiger partial charge in [-0.15, -0.1) is 0 Å². The van der Waals surface area contributed by atoms with Gasteiger partial charge in [0, 0.05) is 19.6 Å². The first-order valence-corrected chi connectivity index (χ1v) is 10.3. The molecule has 2 heterocycles. The van der Waals surface area contributed by atoms with Gasteiger partial charge in [0.25, 0.3) is 0 Å². The number of carbonyl (C=O) groups excluding carboxylic acids is 1. The second kappa shape index (κ2) is 7.39. The Bertz CT molecular complexity index is 591. The summed E-state index contributed by atoms with van der Waals surface area (Å²) in [6.07, 6.45) is 3.78. The molecule has 2 saturated heterocycles. The molecule has 7 nitrogen and oxygen atoms in total. The summed E-state index contributed by atoms with van der Waals surface area (Å²) in [5, 5.41) is 9.41. The summed E-state index contributed by atoms with van der Waals surface area (Å²) in [4.78, 5) is 26.0. The highest BCUT2D eigenvalue weighted by molar-refractivity contribution is 7.89. The van der Waals surface area contributed by atoms with Crippen LogP contribution < -0.4 is 0 Å². The Morgan fingerprint density at radius 3 is 2.54 bits per heavy atom. The van der Waals surface area contributed by atoms with Gasteiger partial charge in [0.2, 0.25) is 15.9 Å². The number of likely N-dealkylation sites (tertiary alicyclic amines) is 1. The van der Waals surface area contributed by atoms with Gasteiger partial charge in [0.05, 0.1) is 11.2 Å². The van der Waals surface area contributed by atoms with Crippen LogP contribution in [0.1, 0.15) is 52.4 Å². The molecule has 0 aromatic heterocycles. The first kappa shape index (κ1) is 19.2. The number of aliphatic carboxylic acids is 1. The standard InChI is InChI=1S/C16H28N2O5S/c1-3-11-24(22,23)18-10-5-4-7-13(18)14(19)17-9-6-8-16(2,12-17)15(20)21/h13H,3-12H2,1-2H3,(H,20,21). The lowest BCUT2D eigenvalue weighted by molar-refractivity contribution is -0.154. The molecule has 0 saturated carbocycles. The topological polar surface area (TPSA) is 95.0 Å². The van der Waals surface area contributed by atoms with Gasteiger partial charge < -0.3 is 10.0 Å². The van der Waals surface area contributed by atoms with Crippen molar-refractivity contribution in [2.45, 2.75) is 58.4 Å². The Labute approximate surface area is 144 Å². The van der Waals surface area contributed by atoms with Crippen LogP contribution in [0.15, 0.2) is 0 Å². The molecular weight excluding hydrogens is 332 g/mol. The van der Waals surface area contributed by atoms with Crippen molar-refractivity contribution in [3.8, 4) is 0 Å². The summed E-state index contributed by atoms with van der Waals surface area (Å²) in [5.74, 6) is -1.09. The number of rotatable bonds is 5. The molecule has 2 fully saturated rings. The highest BCUT2D eigenvalue weighted by atomic mass is 32.2. The van der Waals surface area contributed by atoms with Crippen LogP contribution in [0.25, 0.3) is 0 Å². The van der Waals surface area contributed by atoms with Crippen molar-refractivity contribution in [1.29, 1.82) is 0 Å². The third-order valence-electron chi connectivity index (χ3n) is 5.08. The lowest BCUT2D eigenvalue weighted by Gasteiger charge is -2.42. The molecule has 0 bridgehead atoms. The van der Waals surface area contributed by atoms with Crippen molar-refractivity contribution in [1.82, 2.24) is 9.21 Å². The van der Waals surface area contributed by atoms with E-state index in [1.165, 1.54) is 4.31 Å². The number of hydrogen-bond acceptors (Lipinski definition) is 4. The Kier molecular flexibility index (Phi) is 5.91. The molecule has 2 aliphatic rings. The van der Waals surface area contributed by atoms with Gasteiger partial charge >= 0.3 is 5.97 Å². The highest BCUT2D eigenvalue weighted by Crippen LogP contribution is 2.31. The molecular formula is C16H28N2O5S. The molecule has 2 aliphatic heterocycles. The Balaban J connectivity index is 2.18. The Morgan fingerprint density at radius 2 is 1.92 bits per heavy atom. The van der Waals surface area contributed by atoms with E-state index in [1.54, 1.807) is 18.7 Å². The number of amides is 1. The number of hydrogen-bond donors (Lipinski definition) is 1. The summed E-state index contributed by atoms with van der Waals surface area (Å²) < 4.78 is 26.3. The van der Waals surface area contributed by atoms with E-state index >= 15 is 0 Å². The third-order valence-corrected chi connectivity index (χ3v) is 7.16. The van der Waals surface area contributed by atoms with Crippen LogP contribution in [-0.2, 0) is 19.6 Å². The fourth-order valence-electron chi connectivity index (χ4n) is 3.67. The summed E-state index contributed by atoms with van der Waals surface area (Å²) in [6, 6.07) is -0.675. The molecule has 2 unspecified atom stereocenters. The second-order valence-electron chi connectivity index (χ2n) is 7.17. The van der Waals surface area contributed by atoms with Gasteiger partial charge in [-0.1, -0.05) is 13.3 Å². The molecule has 0 radical (unpaired) electrons. The fraction of sp³-hybridized carbons (Fsp3) is 0.875. The minimum absolute atomic E-state index is 0.0453. The quantitative estimate of drug-likeness (QED) is 0.797. The maximum atomic E-state index is 13.0.